The van der Waals surface area contributed by atoms with Crippen molar-refractivity contribution in [3.63, 3.8) is 0 Å². The van der Waals surface area contributed by atoms with Crippen LogP contribution in [0.3, 0.4) is 0 Å². The van der Waals surface area contributed by atoms with Crippen molar-refractivity contribution in [1.82, 2.24) is 19.9 Å². The molecule has 2 N–H and O–H groups in total. The Morgan fingerprint density at radius 3 is 2.59 bits per heavy atom. The summed E-state index contributed by atoms with van der Waals surface area (Å²) >= 11 is 0. The van der Waals surface area contributed by atoms with E-state index in [-0.39, 0.29) is 0 Å². The maximum Gasteiger partial charge on any atom is 0.224 e. The van der Waals surface area contributed by atoms with Gasteiger partial charge in [0, 0.05) is 37.2 Å². The van der Waals surface area contributed by atoms with Crippen LogP contribution in [-0.4, -0.2) is 47.0 Å². The van der Waals surface area contributed by atoms with Crippen LogP contribution < -0.4 is 10.6 Å². The molecular formula is C16H24N6. The Kier molecular flexibility index (Phi) is 6.09. The van der Waals surface area contributed by atoms with Gasteiger partial charge >= 0.3 is 0 Å². The van der Waals surface area contributed by atoms with Crippen molar-refractivity contribution in [3.05, 3.63) is 41.9 Å². The number of hydrogen-bond acceptors (Lipinski definition) is 6. The van der Waals surface area contributed by atoms with E-state index in [0.717, 1.165) is 37.6 Å². The Morgan fingerprint density at radius 2 is 1.86 bits per heavy atom. The minimum absolute atomic E-state index is 0.677. The monoisotopic (exact) mass is 300 g/mol. The van der Waals surface area contributed by atoms with Crippen LogP contribution in [0.1, 0.15) is 17.7 Å². The maximum absolute atomic E-state index is 4.50. The number of nitrogens with zero attached hydrogens (tertiary/aromatic N) is 4. The van der Waals surface area contributed by atoms with Gasteiger partial charge in [0.05, 0.1) is 0 Å². The fourth-order valence-corrected chi connectivity index (χ4v) is 2.03. The molecule has 2 heterocycles. The molecule has 0 aliphatic heterocycles. The molecule has 2 aromatic rings. The second kappa shape index (κ2) is 8.29. The van der Waals surface area contributed by atoms with Gasteiger partial charge in [-0.2, -0.15) is 4.98 Å². The Balaban J connectivity index is 1.89. The molecule has 22 heavy (non-hydrogen) atoms. The fraction of sp³-hybridized carbons (Fsp3) is 0.438. The summed E-state index contributed by atoms with van der Waals surface area (Å²) in [5, 5.41) is 6.60. The molecule has 2 aromatic heterocycles. The lowest BCUT2D eigenvalue weighted by atomic mass is 10.3. The molecule has 0 aromatic carbocycles. The van der Waals surface area contributed by atoms with Crippen LogP contribution >= 0.6 is 0 Å². The van der Waals surface area contributed by atoms with E-state index in [4.69, 9.17) is 0 Å². The summed E-state index contributed by atoms with van der Waals surface area (Å²) < 4.78 is 0. The third-order valence-corrected chi connectivity index (χ3v) is 3.14. The van der Waals surface area contributed by atoms with E-state index in [1.807, 2.05) is 25.1 Å². The van der Waals surface area contributed by atoms with Crippen LogP contribution in [0.2, 0.25) is 0 Å². The molecule has 118 valence electrons. The second-order valence-electron chi connectivity index (χ2n) is 5.51. The van der Waals surface area contributed by atoms with Crippen molar-refractivity contribution < 1.29 is 0 Å². The summed E-state index contributed by atoms with van der Waals surface area (Å²) in [6.45, 7) is 4.61. The Labute approximate surface area is 132 Å². The van der Waals surface area contributed by atoms with Crippen LogP contribution in [0.4, 0.5) is 11.8 Å². The normalized spacial score (nSPS) is 10.7. The zero-order chi connectivity index (χ0) is 15.8. The predicted octanol–water partition coefficient (Wildman–Crippen LogP) is 2.16. The van der Waals surface area contributed by atoms with E-state index >= 15 is 0 Å². The molecule has 0 atom stereocenters. The van der Waals surface area contributed by atoms with Crippen molar-refractivity contribution >= 4 is 11.8 Å². The van der Waals surface area contributed by atoms with Gasteiger partial charge in [-0.15, -0.1) is 0 Å². The molecule has 0 radical (unpaired) electrons. The lowest BCUT2D eigenvalue weighted by Gasteiger charge is -2.11. The van der Waals surface area contributed by atoms with Crippen LogP contribution in [0.25, 0.3) is 0 Å². The summed E-state index contributed by atoms with van der Waals surface area (Å²) in [5.74, 6) is 1.51. The molecule has 6 heteroatoms. The van der Waals surface area contributed by atoms with Crippen molar-refractivity contribution in [3.8, 4) is 0 Å². The van der Waals surface area contributed by atoms with E-state index in [1.54, 1.807) is 12.4 Å². The topological polar surface area (TPSA) is 66.0 Å². The van der Waals surface area contributed by atoms with E-state index in [2.05, 4.69) is 44.6 Å². The smallest absolute Gasteiger partial charge is 0.224 e. The molecule has 0 saturated heterocycles. The predicted molar refractivity (Wildman–Crippen MR) is 90.0 cm³/mol. The van der Waals surface area contributed by atoms with Crippen LogP contribution in [0.5, 0.6) is 0 Å². The zero-order valence-electron chi connectivity index (χ0n) is 13.5. The van der Waals surface area contributed by atoms with Crippen LogP contribution in [0.15, 0.2) is 30.6 Å². The number of rotatable bonds is 8. The molecule has 0 spiro atoms. The van der Waals surface area contributed by atoms with Gasteiger partial charge < -0.3 is 15.5 Å². The number of aryl methyl sites for hydroxylation is 1. The molecule has 0 unspecified atom stereocenters. The summed E-state index contributed by atoms with van der Waals surface area (Å²) in [5.41, 5.74) is 2.12. The van der Waals surface area contributed by atoms with Gasteiger partial charge in [-0.25, -0.2) is 4.98 Å². The number of pyridine rings is 1. The van der Waals surface area contributed by atoms with Gasteiger partial charge in [0.2, 0.25) is 5.95 Å². The van der Waals surface area contributed by atoms with E-state index in [1.165, 1.54) is 5.56 Å². The van der Waals surface area contributed by atoms with Gasteiger partial charge in [0.15, 0.2) is 0 Å². The maximum atomic E-state index is 4.50. The van der Waals surface area contributed by atoms with Gasteiger partial charge in [-0.1, -0.05) is 0 Å². The number of anilines is 2. The largest absolute Gasteiger partial charge is 0.366 e. The summed E-state index contributed by atoms with van der Waals surface area (Å²) in [6, 6.07) is 5.93. The number of hydrogen-bond donors (Lipinski definition) is 2. The quantitative estimate of drug-likeness (QED) is 0.728. The van der Waals surface area contributed by atoms with Crippen LogP contribution in [0, 0.1) is 6.92 Å². The summed E-state index contributed by atoms with van der Waals surface area (Å²) in [7, 11) is 4.15. The molecule has 0 amide bonds. The van der Waals surface area contributed by atoms with Gasteiger partial charge in [0.1, 0.15) is 5.82 Å². The Hall–Kier alpha value is -2.21. The highest BCUT2D eigenvalue weighted by atomic mass is 15.1. The minimum atomic E-state index is 0.677. The molecule has 0 bridgehead atoms. The van der Waals surface area contributed by atoms with Gasteiger partial charge in [0.25, 0.3) is 0 Å². The third-order valence-electron chi connectivity index (χ3n) is 3.14. The van der Waals surface area contributed by atoms with E-state index < -0.39 is 0 Å². The third kappa shape index (κ3) is 5.65. The molecule has 6 nitrogen and oxygen atoms in total. The van der Waals surface area contributed by atoms with Crippen molar-refractivity contribution in [2.45, 2.75) is 19.9 Å². The van der Waals surface area contributed by atoms with Crippen molar-refractivity contribution in [2.75, 3.05) is 37.8 Å². The second-order valence-corrected chi connectivity index (χ2v) is 5.51. The average molecular weight is 300 g/mol. The molecule has 0 aliphatic rings. The fourth-order valence-electron chi connectivity index (χ4n) is 2.03. The first-order valence-electron chi connectivity index (χ1n) is 7.50. The highest BCUT2D eigenvalue weighted by Gasteiger charge is 2.02. The van der Waals surface area contributed by atoms with Crippen molar-refractivity contribution in [1.29, 1.82) is 0 Å². The van der Waals surface area contributed by atoms with Gasteiger partial charge in [-0.05, 0) is 51.7 Å². The van der Waals surface area contributed by atoms with Crippen LogP contribution in [-0.2, 0) is 6.54 Å². The SMILES string of the molecule is Cc1cc(NCc2ccncc2)nc(NCCCN(C)C)n1. The average Bonchev–Trinajstić information content (AvgIpc) is 2.50. The lowest BCUT2D eigenvalue weighted by Crippen LogP contribution is -2.17. The van der Waals surface area contributed by atoms with E-state index in [0.29, 0.717) is 5.95 Å². The summed E-state index contributed by atoms with van der Waals surface area (Å²) in [4.78, 5) is 15.1. The first-order chi connectivity index (χ1) is 10.6. The Bertz CT molecular complexity index is 570. The highest BCUT2D eigenvalue weighted by molar-refractivity contribution is 5.42. The summed E-state index contributed by atoms with van der Waals surface area (Å²) in [6.07, 6.45) is 4.64. The molecule has 2 rings (SSSR count). The zero-order valence-corrected chi connectivity index (χ0v) is 13.5. The number of nitrogens with one attached hydrogen (secondary N) is 2. The minimum Gasteiger partial charge on any atom is -0.366 e. The van der Waals surface area contributed by atoms with Crippen molar-refractivity contribution in [2.24, 2.45) is 0 Å². The molecule has 0 fully saturated rings. The Morgan fingerprint density at radius 1 is 1.09 bits per heavy atom. The number of aromatic nitrogens is 3. The highest BCUT2D eigenvalue weighted by Crippen LogP contribution is 2.11. The standard InChI is InChI=1S/C16H24N6/c1-13-11-15(19-12-14-5-8-17-9-6-14)21-16(20-13)18-7-4-10-22(2)3/h5-6,8-9,11H,4,7,10,12H2,1-3H3,(H2,18,19,20,21). The first kappa shape index (κ1) is 16.2. The molecular weight excluding hydrogens is 276 g/mol. The first-order valence-corrected chi connectivity index (χ1v) is 7.50. The van der Waals surface area contributed by atoms with Gasteiger partial charge in [-0.3, -0.25) is 4.98 Å². The lowest BCUT2D eigenvalue weighted by molar-refractivity contribution is 0.405. The van der Waals surface area contributed by atoms with E-state index in [9.17, 15) is 0 Å². The molecule has 0 aliphatic carbocycles. The molecule has 0 saturated carbocycles.